The van der Waals surface area contributed by atoms with Gasteiger partial charge in [0.2, 0.25) is 6.10 Å². The lowest BCUT2D eigenvalue weighted by atomic mass is 10.1. The quantitative estimate of drug-likeness (QED) is 0.560. The van der Waals surface area contributed by atoms with E-state index >= 15 is 0 Å². The number of nitrogens with zero attached hydrogens (tertiary/aromatic N) is 1. The Balaban J connectivity index is 1.41. The minimum Gasteiger partial charge on any atom is -0.485 e. The molecule has 2 aliphatic rings. The summed E-state index contributed by atoms with van der Waals surface area (Å²) in [5, 5.41) is 4.42. The van der Waals surface area contributed by atoms with Crippen molar-refractivity contribution in [3.63, 3.8) is 0 Å². The van der Waals surface area contributed by atoms with Crippen molar-refractivity contribution >= 4 is 11.6 Å². The molecule has 1 atom stereocenters. The predicted molar refractivity (Wildman–Crippen MR) is 102 cm³/mol. The molecule has 0 spiro atoms. The van der Waals surface area contributed by atoms with Crippen molar-refractivity contribution in [3.05, 3.63) is 83.9 Å². The first kappa shape index (κ1) is 15.6. The van der Waals surface area contributed by atoms with Crippen molar-refractivity contribution < 1.29 is 14.3 Å². The molecular formula is C22H16N2O3. The maximum Gasteiger partial charge on any atom is 0.284 e. The number of carbonyl (C=O) groups is 1. The van der Waals surface area contributed by atoms with Gasteiger partial charge in [0.1, 0.15) is 6.61 Å². The van der Waals surface area contributed by atoms with Gasteiger partial charge in [0.15, 0.2) is 11.5 Å². The van der Waals surface area contributed by atoms with E-state index in [0.29, 0.717) is 11.5 Å². The van der Waals surface area contributed by atoms with Crippen LogP contribution in [0.4, 0.5) is 0 Å². The van der Waals surface area contributed by atoms with Crippen LogP contribution >= 0.6 is 0 Å². The van der Waals surface area contributed by atoms with Crippen molar-refractivity contribution in [2.45, 2.75) is 6.10 Å². The maximum absolute atomic E-state index is 12.6. The minimum absolute atomic E-state index is 0.154. The van der Waals surface area contributed by atoms with Gasteiger partial charge >= 0.3 is 0 Å². The summed E-state index contributed by atoms with van der Waals surface area (Å²) in [6, 6.07) is 23.4. The second-order valence-electron chi connectivity index (χ2n) is 6.39. The summed E-state index contributed by atoms with van der Waals surface area (Å²) in [5.74, 6) is 0.874. The van der Waals surface area contributed by atoms with Crippen LogP contribution in [0.1, 0.15) is 11.1 Å². The first-order chi connectivity index (χ1) is 13.3. The Bertz CT molecular complexity index is 1030. The van der Waals surface area contributed by atoms with E-state index in [0.717, 1.165) is 28.0 Å². The van der Waals surface area contributed by atoms with Gasteiger partial charge in [0.05, 0.1) is 5.71 Å². The summed E-state index contributed by atoms with van der Waals surface area (Å²) in [4.78, 5) is 12.6. The fourth-order valence-electron chi connectivity index (χ4n) is 3.45. The Morgan fingerprint density at radius 1 is 0.815 bits per heavy atom. The number of ether oxygens (including phenoxy) is 2. The van der Waals surface area contributed by atoms with Crippen molar-refractivity contribution in [2.24, 2.45) is 5.10 Å². The average molecular weight is 356 g/mol. The summed E-state index contributed by atoms with van der Waals surface area (Å²) in [6.45, 7) is 0.154. The topological polar surface area (TPSA) is 59.9 Å². The lowest BCUT2D eigenvalue weighted by molar-refractivity contribution is -0.130. The number of benzene rings is 3. The van der Waals surface area contributed by atoms with Gasteiger partial charge in [-0.1, -0.05) is 60.7 Å². The second-order valence-corrected chi connectivity index (χ2v) is 6.39. The molecule has 0 saturated carbocycles. The predicted octanol–water partition coefficient (Wildman–Crippen LogP) is 3.38. The van der Waals surface area contributed by atoms with Crippen LogP contribution in [0, 0.1) is 0 Å². The van der Waals surface area contributed by atoms with Crippen LogP contribution in [0.3, 0.4) is 0 Å². The number of amides is 1. The molecule has 0 radical (unpaired) electrons. The van der Waals surface area contributed by atoms with E-state index in [-0.39, 0.29) is 12.5 Å². The van der Waals surface area contributed by atoms with Crippen LogP contribution in [-0.2, 0) is 4.79 Å². The van der Waals surface area contributed by atoms with E-state index in [1.807, 2.05) is 54.6 Å². The molecule has 0 unspecified atom stereocenters. The van der Waals surface area contributed by atoms with E-state index in [2.05, 4.69) is 22.7 Å². The van der Waals surface area contributed by atoms with E-state index in [1.165, 1.54) is 0 Å². The summed E-state index contributed by atoms with van der Waals surface area (Å²) in [7, 11) is 0. The summed E-state index contributed by atoms with van der Waals surface area (Å²) >= 11 is 0. The number of hydrogen-bond donors (Lipinski definition) is 1. The Morgan fingerprint density at radius 2 is 1.37 bits per heavy atom. The molecule has 5 nitrogen and oxygen atoms in total. The zero-order valence-electron chi connectivity index (χ0n) is 14.4. The third-order valence-electron chi connectivity index (χ3n) is 4.73. The number of para-hydroxylation sites is 2. The third-order valence-corrected chi connectivity index (χ3v) is 4.73. The molecule has 1 aliphatic carbocycles. The highest BCUT2D eigenvalue weighted by atomic mass is 16.6. The van der Waals surface area contributed by atoms with Gasteiger partial charge in [-0.3, -0.25) is 4.79 Å². The minimum atomic E-state index is -0.740. The third kappa shape index (κ3) is 2.64. The van der Waals surface area contributed by atoms with Crippen molar-refractivity contribution in [1.82, 2.24) is 5.43 Å². The Labute approximate surface area is 156 Å². The van der Waals surface area contributed by atoms with E-state index in [9.17, 15) is 4.79 Å². The first-order valence-corrected chi connectivity index (χ1v) is 8.76. The van der Waals surface area contributed by atoms with Gasteiger partial charge in [0, 0.05) is 11.1 Å². The Hall–Kier alpha value is -3.60. The number of hydrogen-bond acceptors (Lipinski definition) is 4. The highest BCUT2D eigenvalue weighted by Gasteiger charge is 2.28. The fourth-order valence-corrected chi connectivity index (χ4v) is 3.45. The fraction of sp³-hybridized carbons (Fsp3) is 0.0909. The highest BCUT2D eigenvalue weighted by molar-refractivity contribution is 6.24. The van der Waals surface area contributed by atoms with Gasteiger partial charge in [-0.05, 0) is 23.3 Å². The summed E-state index contributed by atoms with van der Waals surface area (Å²) in [6.07, 6.45) is -0.740. The Kier molecular flexibility index (Phi) is 3.64. The molecule has 0 aromatic heterocycles. The molecule has 5 rings (SSSR count). The number of carbonyl (C=O) groups excluding carboxylic acids is 1. The molecule has 1 heterocycles. The monoisotopic (exact) mass is 356 g/mol. The van der Waals surface area contributed by atoms with Crippen LogP contribution in [0.2, 0.25) is 0 Å². The van der Waals surface area contributed by atoms with Crippen LogP contribution in [0.25, 0.3) is 11.1 Å². The molecular weight excluding hydrogens is 340 g/mol. The Morgan fingerprint density at radius 3 is 2.04 bits per heavy atom. The molecule has 1 amide bonds. The van der Waals surface area contributed by atoms with Gasteiger partial charge in [-0.2, -0.15) is 5.10 Å². The first-order valence-electron chi connectivity index (χ1n) is 8.76. The number of nitrogens with one attached hydrogen (secondary N) is 1. The number of hydrazone groups is 1. The lowest BCUT2D eigenvalue weighted by Gasteiger charge is -2.24. The standard InChI is InChI=1S/C22H16N2O3/c25-22(20-13-26-18-11-5-6-12-19(18)27-20)24-23-21-16-9-3-1-7-14(16)15-8-2-4-10-17(15)21/h1-12,20H,13H2,(H,24,25)/t20-/m0/s1. The van der Waals surface area contributed by atoms with Crippen LogP contribution in [0.15, 0.2) is 77.9 Å². The molecule has 5 heteroatoms. The normalized spacial score (nSPS) is 16.3. The number of fused-ring (bicyclic) bond motifs is 4. The van der Waals surface area contributed by atoms with Crippen molar-refractivity contribution in [3.8, 4) is 22.6 Å². The van der Waals surface area contributed by atoms with E-state index < -0.39 is 6.10 Å². The molecule has 3 aromatic rings. The molecule has 0 fully saturated rings. The molecule has 132 valence electrons. The SMILES string of the molecule is O=C(NN=C1c2ccccc2-c2ccccc21)[C@@H]1COc2ccccc2O1. The van der Waals surface area contributed by atoms with E-state index in [4.69, 9.17) is 9.47 Å². The average Bonchev–Trinajstić information content (AvgIpc) is 3.05. The maximum atomic E-state index is 12.6. The zero-order valence-corrected chi connectivity index (χ0v) is 14.4. The summed E-state index contributed by atoms with van der Waals surface area (Å²) in [5.41, 5.74) is 7.65. The van der Waals surface area contributed by atoms with Gasteiger partial charge < -0.3 is 9.47 Å². The smallest absolute Gasteiger partial charge is 0.284 e. The molecule has 27 heavy (non-hydrogen) atoms. The molecule has 0 saturated heterocycles. The highest BCUT2D eigenvalue weighted by Crippen LogP contribution is 2.36. The lowest BCUT2D eigenvalue weighted by Crippen LogP contribution is -2.42. The second kappa shape index (κ2) is 6.29. The molecule has 1 N–H and O–H groups in total. The zero-order chi connectivity index (χ0) is 18.2. The van der Waals surface area contributed by atoms with Crippen molar-refractivity contribution in [1.29, 1.82) is 0 Å². The largest absolute Gasteiger partial charge is 0.485 e. The van der Waals surface area contributed by atoms with Crippen LogP contribution in [0.5, 0.6) is 11.5 Å². The van der Waals surface area contributed by atoms with Gasteiger partial charge in [0.25, 0.3) is 5.91 Å². The molecule has 3 aromatic carbocycles. The van der Waals surface area contributed by atoms with Crippen LogP contribution < -0.4 is 14.9 Å². The van der Waals surface area contributed by atoms with Gasteiger partial charge in [-0.15, -0.1) is 0 Å². The molecule has 1 aliphatic heterocycles. The number of rotatable bonds is 2. The van der Waals surface area contributed by atoms with Crippen LogP contribution in [-0.4, -0.2) is 24.3 Å². The van der Waals surface area contributed by atoms with Gasteiger partial charge in [-0.25, -0.2) is 5.43 Å². The van der Waals surface area contributed by atoms with Crippen molar-refractivity contribution in [2.75, 3.05) is 6.61 Å². The molecule has 0 bridgehead atoms. The summed E-state index contributed by atoms with van der Waals surface area (Å²) < 4.78 is 11.3. The van der Waals surface area contributed by atoms with E-state index in [1.54, 1.807) is 6.07 Å².